The van der Waals surface area contributed by atoms with E-state index in [0.717, 1.165) is 18.4 Å². The maximum Gasteiger partial charge on any atom is 0.262 e. The van der Waals surface area contributed by atoms with E-state index in [1.165, 1.54) is 0 Å². The van der Waals surface area contributed by atoms with Gasteiger partial charge in [0.05, 0.1) is 10.6 Å². The quantitative estimate of drug-likeness (QED) is 0.742. The van der Waals surface area contributed by atoms with Gasteiger partial charge in [-0.15, -0.1) is 0 Å². The maximum absolute atomic E-state index is 12.2. The third-order valence-electron chi connectivity index (χ3n) is 4.30. The van der Waals surface area contributed by atoms with Gasteiger partial charge in [0.2, 0.25) is 0 Å². The molecule has 27 heavy (non-hydrogen) atoms. The molecule has 1 fully saturated rings. The molecule has 0 aromatic heterocycles. The van der Waals surface area contributed by atoms with Crippen molar-refractivity contribution < 1.29 is 14.3 Å². The molecule has 2 amide bonds. The SMILES string of the molecule is CC(C)c1cccc(OCC(=O)Nc2ccc(Cl)c(C(=O)NC3CC3)c2)c1. The van der Waals surface area contributed by atoms with E-state index in [-0.39, 0.29) is 24.5 Å². The van der Waals surface area contributed by atoms with Gasteiger partial charge in [-0.05, 0) is 54.7 Å². The molecule has 0 bridgehead atoms. The number of hydrogen-bond donors (Lipinski definition) is 2. The van der Waals surface area contributed by atoms with Crippen LogP contribution < -0.4 is 15.4 Å². The minimum absolute atomic E-state index is 0.117. The van der Waals surface area contributed by atoms with Crippen molar-refractivity contribution in [3.05, 3.63) is 58.6 Å². The number of carbonyl (C=O) groups is 2. The minimum atomic E-state index is -0.305. The van der Waals surface area contributed by atoms with Crippen molar-refractivity contribution in [1.29, 1.82) is 0 Å². The molecule has 3 rings (SSSR count). The van der Waals surface area contributed by atoms with E-state index >= 15 is 0 Å². The predicted molar refractivity (Wildman–Crippen MR) is 107 cm³/mol. The van der Waals surface area contributed by atoms with Gasteiger partial charge >= 0.3 is 0 Å². The zero-order valence-electron chi connectivity index (χ0n) is 15.4. The van der Waals surface area contributed by atoms with E-state index in [1.807, 2.05) is 24.3 Å². The summed E-state index contributed by atoms with van der Waals surface area (Å²) in [7, 11) is 0. The Balaban J connectivity index is 1.59. The Bertz CT molecular complexity index is 847. The third kappa shape index (κ3) is 5.47. The molecule has 0 saturated heterocycles. The number of ether oxygens (including phenoxy) is 1. The minimum Gasteiger partial charge on any atom is -0.484 e. The maximum atomic E-state index is 12.2. The molecule has 2 aromatic rings. The fourth-order valence-electron chi connectivity index (χ4n) is 2.58. The zero-order valence-corrected chi connectivity index (χ0v) is 16.2. The summed E-state index contributed by atoms with van der Waals surface area (Å²) in [5.41, 5.74) is 2.01. The highest BCUT2D eigenvalue weighted by Gasteiger charge is 2.24. The van der Waals surface area contributed by atoms with Gasteiger partial charge in [-0.25, -0.2) is 0 Å². The van der Waals surface area contributed by atoms with Gasteiger partial charge in [-0.2, -0.15) is 0 Å². The van der Waals surface area contributed by atoms with Crippen LogP contribution in [0.5, 0.6) is 5.75 Å². The fraction of sp³-hybridized carbons (Fsp3) is 0.333. The number of carbonyl (C=O) groups excluding carboxylic acids is 2. The van der Waals surface area contributed by atoms with Gasteiger partial charge in [-0.3, -0.25) is 9.59 Å². The first kappa shape index (κ1) is 19.2. The summed E-state index contributed by atoms with van der Waals surface area (Å²) in [6, 6.07) is 12.8. The summed E-state index contributed by atoms with van der Waals surface area (Å²) in [6.07, 6.45) is 1.99. The number of rotatable bonds is 7. The summed E-state index contributed by atoms with van der Waals surface area (Å²) < 4.78 is 5.58. The average molecular weight is 387 g/mol. The summed E-state index contributed by atoms with van der Waals surface area (Å²) in [5, 5.41) is 5.98. The molecule has 0 heterocycles. The van der Waals surface area contributed by atoms with E-state index in [9.17, 15) is 9.59 Å². The van der Waals surface area contributed by atoms with Gasteiger partial charge in [0.25, 0.3) is 11.8 Å². The summed E-state index contributed by atoms with van der Waals surface area (Å²) in [5.74, 6) is 0.509. The summed E-state index contributed by atoms with van der Waals surface area (Å²) in [4.78, 5) is 24.4. The third-order valence-corrected chi connectivity index (χ3v) is 4.63. The highest BCUT2D eigenvalue weighted by molar-refractivity contribution is 6.34. The lowest BCUT2D eigenvalue weighted by atomic mass is 10.0. The van der Waals surface area contributed by atoms with E-state index in [1.54, 1.807) is 18.2 Å². The Kier molecular flexibility index (Phi) is 6.01. The first-order valence-electron chi connectivity index (χ1n) is 9.05. The highest BCUT2D eigenvalue weighted by atomic mass is 35.5. The molecule has 2 N–H and O–H groups in total. The lowest BCUT2D eigenvalue weighted by Crippen LogP contribution is -2.26. The van der Waals surface area contributed by atoms with Crippen molar-refractivity contribution in [2.75, 3.05) is 11.9 Å². The molecule has 0 radical (unpaired) electrons. The number of anilines is 1. The van der Waals surface area contributed by atoms with Crippen LogP contribution in [-0.2, 0) is 4.79 Å². The second-order valence-corrected chi connectivity index (χ2v) is 7.41. The molecule has 1 saturated carbocycles. The molecule has 1 aliphatic carbocycles. The molecular weight excluding hydrogens is 364 g/mol. The van der Waals surface area contributed by atoms with Gasteiger partial charge in [0.1, 0.15) is 5.75 Å². The molecule has 6 heteroatoms. The predicted octanol–water partition coefficient (Wildman–Crippen LogP) is 4.37. The van der Waals surface area contributed by atoms with Crippen LogP contribution in [0.4, 0.5) is 5.69 Å². The first-order valence-corrected chi connectivity index (χ1v) is 9.43. The van der Waals surface area contributed by atoms with Gasteiger partial charge in [0, 0.05) is 11.7 Å². The Hall–Kier alpha value is -2.53. The molecular formula is C21H23ClN2O3. The Labute approximate surface area is 164 Å². The van der Waals surface area contributed by atoms with Crippen LogP contribution in [0.15, 0.2) is 42.5 Å². The Morgan fingerprint density at radius 3 is 2.67 bits per heavy atom. The number of nitrogens with one attached hydrogen (secondary N) is 2. The van der Waals surface area contributed by atoms with Crippen molar-refractivity contribution in [3.8, 4) is 5.75 Å². The van der Waals surface area contributed by atoms with Gasteiger partial charge in [-0.1, -0.05) is 37.6 Å². The van der Waals surface area contributed by atoms with Crippen molar-refractivity contribution in [3.63, 3.8) is 0 Å². The van der Waals surface area contributed by atoms with Crippen LogP contribution in [0.1, 0.15) is 48.5 Å². The van der Waals surface area contributed by atoms with Gasteiger partial charge in [0.15, 0.2) is 6.61 Å². The molecule has 0 unspecified atom stereocenters. The molecule has 0 spiro atoms. The van der Waals surface area contributed by atoms with Crippen molar-refractivity contribution in [2.24, 2.45) is 0 Å². The lowest BCUT2D eigenvalue weighted by molar-refractivity contribution is -0.118. The largest absolute Gasteiger partial charge is 0.484 e. The zero-order chi connectivity index (χ0) is 19.4. The van der Waals surface area contributed by atoms with Crippen molar-refractivity contribution >= 4 is 29.1 Å². The molecule has 1 aliphatic rings. The summed E-state index contributed by atoms with van der Waals surface area (Å²) >= 11 is 6.11. The monoisotopic (exact) mass is 386 g/mol. The fourth-order valence-corrected chi connectivity index (χ4v) is 2.78. The number of halogens is 1. The van der Waals surface area contributed by atoms with Crippen LogP contribution in [0.3, 0.4) is 0 Å². The van der Waals surface area contributed by atoms with Crippen LogP contribution in [0.25, 0.3) is 0 Å². The van der Waals surface area contributed by atoms with Crippen LogP contribution in [0.2, 0.25) is 5.02 Å². The number of benzene rings is 2. The van der Waals surface area contributed by atoms with Crippen LogP contribution in [-0.4, -0.2) is 24.5 Å². The molecule has 142 valence electrons. The Morgan fingerprint density at radius 2 is 1.96 bits per heavy atom. The standard InChI is InChI=1S/C21H23ClN2O3/c1-13(2)14-4-3-5-17(10-14)27-12-20(25)23-16-8-9-19(22)18(11-16)21(26)24-15-6-7-15/h3-5,8-11,13,15H,6-7,12H2,1-2H3,(H,23,25)(H,24,26). The lowest BCUT2D eigenvalue weighted by Gasteiger charge is -2.11. The second-order valence-electron chi connectivity index (χ2n) is 7.01. The van der Waals surface area contributed by atoms with E-state index < -0.39 is 0 Å². The molecule has 0 aliphatic heterocycles. The number of amides is 2. The molecule has 2 aromatic carbocycles. The molecule has 0 atom stereocenters. The van der Waals surface area contributed by atoms with E-state index in [2.05, 4.69) is 24.5 Å². The first-order chi connectivity index (χ1) is 12.9. The van der Waals surface area contributed by atoms with Crippen LogP contribution >= 0.6 is 11.6 Å². The van der Waals surface area contributed by atoms with E-state index in [0.29, 0.717) is 27.9 Å². The van der Waals surface area contributed by atoms with Crippen LogP contribution in [0, 0.1) is 0 Å². The van der Waals surface area contributed by atoms with Crippen molar-refractivity contribution in [1.82, 2.24) is 5.32 Å². The van der Waals surface area contributed by atoms with Gasteiger partial charge < -0.3 is 15.4 Å². The normalized spacial score (nSPS) is 13.3. The summed E-state index contributed by atoms with van der Waals surface area (Å²) in [6.45, 7) is 4.08. The molecule has 5 nitrogen and oxygen atoms in total. The van der Waals surface area contributed by atoms with Crippen molar-refractivity contribution in [2.45, 2.75) is 38.6 Å². The number of hydrogen-bond acceptors (Lipinski definition) is 3. The highest BCUT2D eigenvalue weighted by Crippen LogP contribution is 2.24. The smallest absolute Gasteiger partial charge is 0.262 e. The Morgan fingerprint density at radius 1 is 1.19 bits per heavy atom. The second kappa shape index (κ2) is 8.44. The van der Waals surface area contributed by atoms with E-state index in [4.69, 9.17) is 16.3 Å². The average Bonchev–Trinajstić information content (AvgIpc) is 3.45. The topological polar surface area (TPSA) is 67.4 Å².